The monoisotopic (exact) mass is 290 g/mol. The van der Waals surface area contributed by atoms with Gasteiger partial charge < -0.3 is 15.7 Å². The standard InChI is InChI=1S/C16H22N2O3/c1-11-10-13(8-9-17-11)16(21)18-14-5-3-2-4-12(14)6-7-15(19)20/h2-5,11,13,17H,6-10H2,1H3,(H,18,21)(H,19,20). The summed E-state index contributed by atoms with van der Waals surface area (Å²) < 4.78 is 0. The van der Waals surface area contributed by atoms with Crippen LogP contribution in [-0.2, 0) is 16.0 Å². The van der Waals surface area contributed by atoms with Crippen molar-refractivity contribution in [2.75, 3.05) is 11.9 Å². The van der Waals surface area contributed by atoms with Gasteiger partial charge in [-0.25, -0.2) is 0 Å². The predicted octanol–water partition coefficient (Wildman–Crippen LogP) is 2.03. The van der Waals surface area contributed by atoms with Gasteiger partial charge in [-0.15, -0.1) is 0 Å². The quantitative estimate of drug-likeness (QED) is 0.775. The third-order valence-electron chi connectivity index (χ3n) is 3.88. The maximum Gasteiger partial charge on any atom is 0.303 e. The van der Waals surface area contributed by atoms with E-state index >= 15 is 0 Å². The van der Waals surface area contributed by atoms with Gasteiger partial charge in [-0.3, -0.25) is 9.59 Å². The van der Waals surface area contributed by atoms with Crippen LogP contribution < -0.4 is 10.6 Å². The number of carboxylic acids is 1. The number of carbonyl (C=O) groups is 2. The van der Waals surface area contributed by atoms with E-state index in [1.54, 1.807) is 0 Å². The number of piperidine rings is 1. The summed E-state index contributed by atoms with van der Waals surface area (Å²) in [6, 6.07) is 7.77. The Morgan fingerprint density at radius 1 is 1.38 bits per heavy atom. The molecular formula is C16H22N2O3. The van der Waals surface area contributed by atoms with Gasteiger partial charge in [-0.2, -0.15) is 0 Å². The molecule has 5 nitrogen and oxygen atoms in total. The molecule has 1 aliphatic rings. The summed E-state index contributed by atoms with van der Waals surface area (Å²) >= 11 is 0. The molecule has 3 N–H and O–H groups in total. The topological polar surface area (TPSA) is 78.4 Å². The second-order valence-corrected chi connectivity index (χ2v) is 5.62. The molecule has 0 bridgehead atoms. The maximum atomic E-state index is 12.3. The van der Waals surface area contributed by atoms with Crippen molar-refractivity contribution < 1.29 is 14.7 Å². The van der Waals surface area contributed by atoms with Gasteiger partial charge in [0.1, 0.15) is 0 Å². The van der Waals surface area contributed by atoms with E-state index in [4.69, 9.17) is 5.11 Å². The highest BCUT2D eigenvalue weighted by molar-refractivity contribution is 5.93. The molecule has 5 heteroatoms. The number of nitrogens with one attached hydrogen (secondary N) is 2. The van der Waals surface area contributed by atoms with Crippen LogP contribution in [0, 0.1) is 5.92 Å². The Balaban J connectivity index is 2.01. The lowest BCUT2D eigenvalue weighted by Crippen LogP contribution is -2.40. The Kier molecular flexibility index (Phi) is 5.33. The van der Waals surface area contributed by atoms with Gasteiger partial charge >= 0.3 is 5.97 Å². The first-order chi connectivity index (χ1) is 10.1. The molecule has 1 aliphatic heterocycles. The molecule has 2 rings (SSSR count). The minimum atomic E-state index is -0.830. The van der Waals surface area contributed by atoms with E-state index in [0.29, 0.717) is 12.5 Å². The van der Waals surface area contributed by atoms with Gasteiger partial charge in [-0.1, -0.05) is 18.2 Å². The molecule has 1 saturated heterocycles. The lowest BCUT2D eigenvalue weighted by molar-refractivity contribution is -0.137. The van der Waals surface area contributed by atoms with Gasteiger partial charge in [0, 0.05) is 24.1 Å². The number of hydrogen-bond acceptors (Lipinski definition) is 3. The number of benzene rings is 1. The van der Waals surface area contributed by atoms with Gasteiger partial charge in [0.15, 0.2) is 0 Å². The SMILES string of the molecule is CC1CC(C(=O)Nc2ccccc2CCC(=O)O)CCN1. The summed E-state index contributed by atoms with van der Waals surface area (Å²) in [5, 5.41) is 15.1. The molecule has 2 atom stereocenters. The summed E-state index contributed by atoms with van der Waals surface area (Å²) in [7, 11) is 0. The second-order valence-electron chi connectivity index (χ2n) is 5.62. The summed E-state index contributed by atoms with van der Waals surface area (Å²) in [6.07, 6.45) is 2.17. The Morgan fingerprint density at radius 3 is 2.86 bits per heavy atom. The zero-order chi connectivity index (χ0) is 15.2. The average molecular weight is 290 g/mol. The number of aliphatic carboxylic acids is 1. The van der Waals surface area contributed by atoms with E-state index in [9.17, 15) is 9.59 Å². The normalized spacial score (nSPS) is 21.8. The zero-order valence-electron chi connectivity index (χ0n) is 12.3. The Bertz CT molecular complexity index is 516. The first-order valence-electron chi connectivity index (χ1n) is 7.40. The number of carboxylic acid groups (broad SMARTS) is 1. The lowest BCUT2D eigenvalue weighted by atomic mass is 9.92. The highest BCUT2D eigenvalue weighted by Gasteiger charge is 2.25. The third kappa shape index (κ3) is 4.56. The highest BCUT2D eigenvalue weighted by Crippen LogP contribution is 2.21. The molecule has 0 saturated carbocycles. The minimum absolute atomic E-state index is 0.0220. The number of anilines is 1. The van der Waals surface area contributed by atoms with E-state index < -0.39 is 5.97 Å². The number of hydrogen-bond donors (Lipinski definition) is 3. The van der Waals surface area contributed by atoms with Gasteiger partial charge in [0.2, 0.25) is 5.91 Å². The highest BCUT2D eigenvalue weighted by atomic mass is 16.4. The van der Waals surface area contributed by atoms with Crippen molar-refractivity contribution in [2.24, 2.45) is 5.92 Å². The molecule has 1 amide bonds. The summed E-state index contributed by atoms with van der Waals surface area (Å²) in [4.78, 5) is 23.0. The summed E-state index contributed by atoms with van der Waals surface area (Å²) in [5.74, 6) is -0.775. The van der Waals surface area contributed by atoms with Crippen LogP contribution in [-0.4, -0.2) is 29.6 Å². The zero-order valence-corrected chi connectivity index (χ0v) is 12.3. The fraction of sp³-hybridized carbons (Fsp3) is 0.500. The van der Waals surface area contributed by atoms with Crippen molar-refractivity contribution in [1.29, 1.82) is 0 Å². The van der Waals surface area contributed by atoms with Crippen LogP contribution in [0.2, 0.25) is 0 Å². The van der Waals surface area contributed by atoms with Crippen LogP contribution in [0.3, 0.4) is 0 Å². The molecular weight excluding hydrogens is 268 g/mol. The van der Waals surface area contributed by atoms with Crippen molar-refractivity contribution in [2.45, 2.75) is 38.6 Å². The van der Waals surface area contributed by atoms with Crippen molar-refractivity contribution in [3.05, 3.63) is 29.8 Å². The number of aryl methyl sites for hydroxylation is 1. The summed E-state index contributed by atoms with van der Waals surface area (Å²) in [5.41, 5.74) is 1.60. The van der Waals surface area contributed by atoms with E-state index in [2.05, 4.69) is 17.6 Å². The molecule has 1 aromatic carbocycles. The first-order valence-corrected chi connectivity index (χ1v) is 7.40. The number of carbonyl (C=O) groups excluding carboxylic acids is 1. The minimum Gasteiger partial charge on any atom is -0.481 e. The van der Waals surface area contributed by atoms with Crippen LogP contribution in [0.15, 0.2) is 24.3 Å². The van der Waals surface area contributed by atoms with Crippen LogP contribution in [0.5, 0.6) is 0 Å². The van der Waals surface area contributed by atoms with Crippen LogP contribution in [0.1, 0.15) is 31.7 Å². The second kappa shape index (κ2) is 7.22. The first kappa shape index (κ1) is 15.5. The van der Waals surface area contributed by atoms with Crippen molar-refractivity contribution in [3.63, 3.8) is 0 Å². The molecule has 0 radical (unpaired) electrons. The molecule has 1 aromatic rings. The van der Waals surface area contributed by atoms with Crippen molar-refractivity contribution >= 4 is 17.6 Å². The van der Waals surface area contributed by atoms with E-state index in [1.807, 2.05) is 24.3 Å². The smallest absolute Gasteiger partial charge is 0.303 e. The maximum absolute atomic E-state index is 12.3. The van der Waals surface area contributed by atoms with Crippen molar-refractivity contribution in [1.82, 2.24) is 5.32 Å². The van der Waals surface area contributed by atoms with Gasteiger partial charge in [-0.05, 0) is 44.4 Å². The van der Waals surface area contributed by atoms with E-state index in [-0.39, 0.29) is 18.2 Å². The third-order valence-corrected chi connectivity index (χ3v) is 3.88. The molecule has 2 unspecified atom stereocenters. The fourth-order valence-corrected chi connectivity index (χ4v) is 2.71. The predicted molar refractivity (Wildman–Crippen MR) is 81.2 cm³/mol. The number of para-hydroxylation sites is 1. The van der Waals surface area contributed by atoms with Crippen LogP contribution >= 0.6 is 0 Å². The van der Waals surface area contributed by atoms with Gasteiger partial charge in [0.25, 0.3) is 0 Å². The number of rotatable bonds is 5. The molecule has 1 fully saturated rings. The van der Waals surface area contributed by atoms with E-state index in [1.165, 1.54) is 0 Å². The Labute approximate surface area is 124 Å². The Hall–Kier alpha value is -1.88. The molecule has 114 valence electrons. The molecule has 0 aliphatic carbocycles. The van der Waals surface area contributed by atoms with Crippen LogP contribution in [0.4, 0.5) is 5.69 Å². The molecule has 1 heterocycles. The molecule has 21 heavy (non-hydrogen) atoms. The Morgan fingerprint density at radius 2 is 2.14 bits per heavy atom. The lowest BCUT2D eigenvalue weighted by Gasteiger charge is -2.27. The van der Waals surface area contributed by atoms with Gasteiger partial charge in [0.05, 0.1) is 0 Å². The summed E-state index contributed by atoms with van der Waals surface area (Å²) in [6.45, 7) is 2.94. The molecule has 0 aromatic heterocycles. The number of amides is 1. The van der Waals surface area contributed by atoms with Crippen molar-refractivity contribution in [3.8, 4) is 0 Å². The van der Waals surface area contributed by atoms with Crippen LogP contribution in [0.25, 0.3) is 0 Å². The fourth-order valence-electron chi connectivity index (χ4n) is 2.71. The average Bonchev–Trinajstić information content (AvgIpc) is 2.46. The van der Waals surface area contributed by atoms with E-state index in [0.717, 1.165) is 30.6 Å². The largest absolute Gasteiger partial charge is 0.481 e. The molecule has 0 spiro atoms.